The lowest BCUT2D eigenvalue weighted by molar-refractivity contribution is 0.104. The number of hydrogen-bond acceptors (Lipinski definition) is 3. The van der Waals surface area contributed by atoms with E-state index in [1.54, 1.807) is 0 Å². The van der Waals surface area contributed by atoms with E-state index in [-0.39, 0.29) is 5.54 Å². The van der Waals surface area contributed by atoms with Crippen LogP contribution in [0.5, 0.6) is 5.75 Å². The quantitative estimate of drug-likeness (QED) is 0.843. The molecule has 1 aromatic rings. The minimum absolute atomic E-state index is 0.128. The van der Waals surface area contributed by atoms with Gasteiger partial charge in [-0.1, -0.05) is 26.0 Å². The predicted octanol–water partition coefficient (Wildman–Crippen LogP) is 2.47. The van der Waals surface area contributed by atoms with Crippen LogP contribution in [-0.4, -0.2) is 37.7 Å². The average Bonchev–Trinajstić information content (AvgIpc) is 2.36. The molecule has 0 aliphatic carbocycles. The van der Waals surface area contributed by atoms with Gasteiger partial charge >= 0.3 is 0 Å². The lowest BCUT2D eigenvalue weighted by Gasteiger charge is -2.34. The van der Waals surface area contributed by atoms with E-state index in [0.717, 1.165) is 5.75 Å². The van der Waals surface area contributed by atoms with Crippen LogP contribution in [-0.2, 0) is 0 Å². The molecule has 0 aliphatic rings. The molecule has 0 bridgehead atoms. The maximum atomic E-state index is 5.84. The van der Waals surface area contributed by atoms with Crippen LogP contribution in [0.3, 0.4) is 0 Å². The van der Waals surface area contributed by atoms with Gasteiger partial charge in [0.05, 0.1) is 5.54 Å². The van der Waals surface area contributed by atoms with Crippen molar-refractivity contribution in [2.75, 3.05) is 27.2 Å². The summed E-state index contributed by atoms with van der Waals surface area (Å²) < 4.78 is 5.84. The van der Waals surface area contributed by atoms with E-state index < -0.39 is 0 Å². The van der Waals surface area contributed by atoms with Crippen molar-refractivity contribution < 1.29 is 4.74 Å². The van der Waals surface area contributed by atoms with Gasteiger partial charge in [-0.15, -0.1) is 0 Å². The third-order valence-corrected chi connectivity index (χ3v) is 3.62. The summed E-state index contributed by atoms with van der Waals surface area (Å²) in [6.07, 6.45) is 0. The van der Waals surface area contributed by atoms with Crippen molar-refractivity contribution in [2.45, 2.75) is 32.2 Å². The number of nitrogens with two attached hydrogens (primary N) is 1. The Morgan fingerprint density at radius 3 is 2.17 bits per heavy atom. The molecule has 0 aromatic heterocycles. The van der Waals surface area contributed by atoms with Gasteiger partial charge in [0.1, 0.15) is 12.4 Å². The topological polar surface area (TPSA) is 38.5 Å². The zero-order valence-electron chi connectivity index (χ0n) is 12.2. The second-order valence-corrected chi connectivity index (χ2v) is 5.61. The van der Waals surface area contributed by atoms with E-state index >= 15 is 0 Å². The van der Waals surface area contributed by atoms with Gasteiger partial charge in [-0.3, -0.25) is 4.90 Å². The van der Waals surface area contributed by atoms with E-state index in [1.807, 2.05) is 26.2 Å². The van der Waals surface area contributed by atoms with Crippen LogP contribution >= 0.6 is 0 Å². The average molecular weight is 250 g/mol. The van der Waals surface area contributed by atoms with Crippen molar-refractivity contribution in [2.24, 2.45) is 5.73 Å². The Bertz CT molecular complexity index is 359. The predicted molar refractivity (Wildman–Crippen MR) is 77.2 cm³/mol. The molecule has 102 valence electrons. The first kappa shape index (κ1) is 15.0. The summed E-state index contributed by atoms with van der Waals surface area (Å²) in [6.45, 7) is 7.65. The molecule has 3 nitrogen and oxygen atoms in total. The van der Waals surface area contributed by atoms with Gasteiger partial charge in [-0.25, -0.2) is 0 Å². The Balaban J connectivity index is 2.63. The third-order valence-electron chi connectivity index (χ3n) is 3.62. The molecule has 18 heavy (non-hydrogen) atoms. The van der Waals surface area contributed by atoms with Gasteiger partial charge in [-0.05, 0) is 44.6 Å². The van der Waals surface area contributed by atoms with Crippen LogP contribution in [0.1, 0.15) is 32.3 Å². The molecule has 0 spiro atoms. The fourth-order valence-electron chi connectivity index (χ4n) is 1.56. The fraction of sp³-hybridized carbons (Fsp3) is 0.600. The summed E-state index contributed by atoms with van der Waals surface area (Å²) in [4.78, 5) is 2.11. The molecule has 0 saturated heterocycles. The number of likely N-dealkylation sites (N-methyl/N-ethyl adjacent to an activating group) is 1. The van der Waals surface area contributed by atoms with E-state index in [1.165, 1.54) is 5.56 Å². The number of hydrogen-bond donors (Lipinski definition) is 1. The SMILES string of the molecule is CC(C)c1ccc(OCC(C)(CN)N(C)C)cc1. The Morgan fingerprint density at radius 1 is 1.22 bits per heavy atom. The van der Waals surface area contributed by atoms with Crippen LogP contribution in [0.4, 0.5) is 0 Å². The molecule has 0 radical (unpaired) electrons. The molecule has 1 unspecified atom stereocenters. The fourth-order valence-corrected chi connectivity index (χ4v) is 1.56. The summed E-state index contributed by atoms with van der Waals surface area (Å²) >= 11 is 0. The summed E-state index contributed by atoms with van der Waals surface area (Å²) in [7, 11) is 4.05. The van der Waals surface area contributed by atoms with Gasteiger partial charge in [0.25, 0.3) is 0 Å². The van der Waals surface area contributed by atoms with Gasteiger partial charge in [0.2, 0.25) is 0 Å². The van der Waals surface area contributed by atoms with E-state index in [2.05, 4.69) is 37.8 Å². The maximum absolute atomic E-state index is 5.84. The zero-order chi connectivity index (χ0) is 13.8. The Kier molecular flexibility index (Phi) is 5.17. The largest absolute Gasteiger partial charge is 0.492 e. The number of ether oxygens (including phenoxy) is 1. The monoisotopic (exact) mass is 250 g/mol. The van der Waals surface area contributed by atoms with Crippen molar-refractivity contribution in [1.82, 2.24) is 4.90 Å². The van der Waals surface area contributed by atoms with Crippen LogP contribution < -0.4 is 10.5 Å². The first-order chi connectivity index (χ1) is 8.39. The van der Waals surface area contributed by atoms with Crippen molar-refractivity contribution in [3.05, 3.63) is 29.8 Å². The Morgan fingerprint density at radius 2 is 1.78 bits per heavy atom. The number of rotatable bonds is 6. The summed E-state index contributed by atoms with van der Waals surface area (Å²) in [6, 6.07) is 8.30. The van der Waals surface area contributed by atoms with Gasteiger partial charge < -0.3 is 10.5 Å². The zero-order valence-corrected chi connectivity index (χ0v) is 12.2. The molecular formula is C15H26N2O. The normalized spacial score (nSPS) is 14.9. The Hall–Kier alpha value is -1.06. The molecule has 0 amide bonds. The second-order valence-electron chi connectivity index (χ2n) is 5.61. The second kappa shape index (κ2) is 6.21. The van der Waals surface area contributed by atoms with Gasteiger partial charge in [0, 0.05) is 6.54 Å². The standard InChI is InChI=1S/C15H26N2O/c1-12(2)13-6-8-14(9-7-13)18-11-15(3,10-16)17(4)5/h6-9,12H,10-11,16H2,1-5H3. The van der Waals surface area contributed by atoms with Crippen molar-refractivity contribution >= 4 is 0 Å². The highest BCUT2D eigenvalue weighted by Crippen LogP contribution is 2.20. The smallest absolute Gasteiger partial charge is 0.119 e. The van der Waals surface area contributed by atoms with Crippen LogP contribution in [0.2, 0.25) is 0 Å². The molecule has 3 heteroatoms. The van der Waals surface area contributed by atoms with Crippen molar-refractivity contribution in [3.8, 4) is 5.75 Å². The highest BCUT2D eigenvalue weighted by molar-refractivity contribution is 5.29. The van der Waals surface area contributed by atoms with Crippen LogP contribution in [0.15, 0.2) is 24.3 Å². The van der Waals surface area contributed by atoms with Crippen molar-refractivity contribution in [1.29, 1.82) is 0 Å². The lowest BCUT2D eigenvalue weighted by Crippen LogP contribution is -2.52. The molecule has 1 rings (SSSR count). The van der Waals surface area contributed by atoms with Crippen LogP contribution in [0, 0.1) is 0 Å². The van der Waals surface area contributed by atoms with Crippen molar-refractivity contribution in [3.63, 3.8) is 0 Å². The molecule has 0 aliphatic heterocycles. The first-order valence-corrected chi connectivity index (χ1v) is 6.49. The summed E-state index contributed by atoms with van der Waals surface area (Å²) in [5.41, 5.74) is 7.02. The minimum Gasteiger partial charge on any atom is -0.492 e. The highest BCUT2D eigenvalue weighted by Gasteiger charge is 2.26. The molecule has 2 N–H and O–H groups in total. The maximum Gasteiger partial charge on any atom is 0.119 e. The number of nitrogens with zero attached hydrogens (tertiary/aromatic N) is 1. The van der Waals surface area contributed by atoms with E-state index in [0.29, 0.717) is 19.1 Å². The molecule has 1 atom stereocenters. The molecule has 0 fully saturated rings. The summed E-state index contributed by atoms with van der Waals surface area (Å²) in [5, 5.41) is 0. The molecule has 0 heterocycles. The first-order valence-electron chi connectivity index (χ1n) is 6.49. The molecular weight excluding hydrogens is 224 g/mol. The third kappa shape index (κ3) is 3.72. The van der Waals surface area contributed by atoms with E-state index in [9.17, 15) is 0 Å². The highest BCUT2D eigenvalue weighted by atomic mass is 16.5. The summed E-state index contributed by atoms with van der Waals surface area (Å²) in [5.74, 6) is 1.45. The molecule has 1 aromatic carbocycles. The number of benzene rings is 1. The van der Waals surface area contributed by atoms with Crippen LogP contribution in [0.25, 0.3) is 0 Å². The van der Waals surface area contributed by atoms with E-state index in [4.69, 9.17) is 10.5 Å². The lowest BCUT2D eigenvalue weighted by atomic mass is 10.0. The van der Waals surface area contributed by atoms with Gasteiger partial charge in [0.15, 0.2) is 0 Å². The Labute approximate surface area is 111 Å². The molecule has 0 saturated carbocycles. The minimum atomic E-state index is -0.128. The van der Waals surface area contributed by atoms with Gasteiger partial charge in [-0.2, -0.15) is 0 Å².